The van der Waals surface area contributed by atoms with Gasteiger partial charge in [0.1, 0.15) is 23.0 Å². The molecule has 120 valence electrons. The van der Waals surface area contributed by atoms with Crippen molar-refractivity contribution < 1.29 is 4.39 Å². The normalized spacial score (nSPS) is 11.2. The predicted octanol–water partition coefficient (Wildman–Crippen LogP) is 3.50. The quantitative estimate of drug-likeness (QED) is 0.578. The van der Waals surface area contributed by atoms with Gasteiger partial charge in [0.05, 0.1) is 6.54 Å². The Morgan fingerprint density at radius 1 is 1.08 bits per heavy atom. The predicted molar refractivity (Wildman–Crippen MR) is 89.9 cm³/mol. The zero-order valence-electron chi connectivity index (χ0n) is 13.2. The van der Waals surface area contributed by atoms with E-state index in [0.717, 1.165) is 34.9 Å². The summed E-state index contributed by atoms with van der Waals surface area (Å²) >= 11 is 0. The number of hydrogen-bond donors (Lipinski definition) is 0. The maximum absolute atomic E-state index is 13.5. The van der Waals surface area contributed by atoms with E-state index in [-0.39, 0.29) is 5.82 Å². The maximum Gasteiger partial charge on any atom is 0.160 e. The van der Waals surface area contributed by atoms with Gasteiger partial charge in [-0.3, -0.25) is 0 Å². The molecule has 0 spiro atoms. The summed E-state index contributed by atoms with van der Waals surface area (Å²) in [6.07, 6.45) is 5.37. The van der Waals surface area contributed by atoms with Crippen LogP contribution >= 0.6 is 0 Å². The standard InChI is InChI=1S/C18H16FN5/c1-2-24-16(22-15-7-4-8-20-18(15)24)12-23-10-9-21-17(23)13-5-3-6-14(19)11-13/h3-11H,2,12H2,1H3. The molecule has 0 N–H and O–H groups in total. The summed E-state index contributed by atoms with van der Waals surface area (Å²) in [7, 11) is 0. The molecule has 0 aliphatic heterocycles. The van der Waals surface area contributed by atoms with Gasteiger partial charge in [0.15, 0.2) is 5.65 Å². The van der Waals surface area contributed by atoms with Crippen molar-refractivity contribution in [1.29, 1.82) is 0 Å². The lowest BCUT2D eigenvalue weighted by molar-refractivity contribution is 0.627. The molecular formula is C18H16FN5. The summed E-state index contributed by atoms with van der Waals surface area (Å²) in [5, 5.41) is 0. The van der Waals surface area contributed by atoms with Gasteiger partial charge in [-0.2, -0.15) is 0 Å². The number of rotatable bonds is 4. The molecule has 24 heavy (non-hydrogen) atoms. The minimum Gasteiger partial charge on any atom is -0.323 e. The second-order valence-electron chi connectivity index (χ2n) is 5.51. The van der Waals surface area contributed by atoms with E-state index in [1.165, 1.54) is 12.1 Å². The zero-order valence-corrected chi connectivity index (χ0v) is 13.2. The lowest BCUT2D eigenvalue weighted by Crippen LogP contribution is -2.09. The highest BCUT2D eigenvalue weighted by Crippen LogP contribution is 2.21. The first kappa shape index (κ1) is 14.6. The SMILES string of the molecule is CCn1c(Cn2ccnc2-c2cccc(F)c2)nc2cccnc21. The fourth-order valence-electron chi connectivity index (χ4n) is 2.94. The second kappa shape index (κ2) is 5.88. The average molecular weight is 321 g/mol. The van der Waals surface area contributed by atoms with Gasteiger partial charge in [-0.15, -0.1) is 0 Å². The fourth-order valence-corrected chi connectivity index (χ4v) is 2.94. The fraction of sp³-hybridized carbons (Fsp3) is 0.167. The van der Waals surface area contributed by atoms with Crippen molar-refractivity contribution in [2.24, 2.45) is 0 Å². The highest BCUT2D eigenvalue weighted by Gasteiger charge is 2.13. The Bertz CT molecular complexity index is 1000. The van der Waals surface area contributed by atoms with Crippen LogP contribution in [0.25, 0.3) is 22.6 Å². The summed E-state index contributed by atoms with van der Waals surface area (Å²) in [5.74, 6) is 1.35. The highest BCUT2D eigenvalue weighted by molar-refractivity contribution is 5.71. The molecule has 0 fully saturated rings. The lowest BCUT2D eigenvalue weighted by Gasteiger charge is -2.09. The molecule has 0 amide bonds. The highest BCUT2D eigenvalue weighted by atomic mass is 19.1. The number of fused-ring (bicyclic) bond motifs is 1. The van der Waals surface area contributed by atoms with Crippen molar-refractivity contribution >= 4 is 11.2 Å². The van der Waals surface area contributed by atoms with Gasteiger partial charge in [0, 0.05) is 30.7 Å². The van der Waals surface area contributed by atoms with Gasteiger partial charge >= 0.3 is 0 Å². The number of halogens is 1. The lowest BCUT2D eigenvalue weighted by atomic mass is 10.2. The number of hydrogen-bond acceptors (Lipinski definition) is 3. The van der Waals surface area contributed by atoms with E-state index in [4.69, 9.17) is 0 Å². The molecular weight excluding hydrogens is 305 g/mol. The second-order valence-corrected chi connectivity index (χ2v) is 5.51. The Morgan fingerprint density at radius 3 is 2.83 bits per heavy atom. The Kier molecular flexibility index (Phi) is 3.57. The molecule has 0 aliphatic rings. The number of aromatic nitrogens is 5. The number of pyridine rings is 1. The molecule has 5 nitrogen and oxygen atoms in total. The molecule has 0 aliphatic carbocycles. The number of imidazole rings is 2. The number of aryl methyl sites for hydroxylation is 1. The van der Waals surface area contributed by atoms with Crippen molar-refractivity contribution in [2.45, 2.75) is 20.0 Å². The Morgan fingerprint density at radius 2 is 2.00 bits per heavy atom. The van der Waals surface area contributed by atoms with Crippen LogP contribution in [0.5, 0.6) is 0 Å². The molecule has 0 bridgehead atoms. The van der Waals surface area contributed by atoms with E-state index in [9.17, 15) is 4.39 Å². The molecule has 0 unspecified atom stereocenters. The summed E-state index contributed by atoms with van der Waals surface area (Å²) < 4.78 is 17.6. The molecule has 0 saturated heterocycles. The van der Waals surface area contributed by atoms with Gasteiger partial charge in [-0.05, 0) is 31.2 Å². The van der Waals surface area contributed by atoms with Gasteiger partial charge in [0.25, 0.3) is 0 Å². The third-order valence-electron chi connectivity index (χ3n) is 4.01. The third-order valence-corrected chi connectivity index (χ3v) is 4.01. The van der Waals surface area contributed by atoms with E-state index in [1.807, 2.05) is 29.0 Å². The van der Waals surface area contributed by atoms with Crippen molar-refractivity contribution in [2.75, 3.05) is 0 Å². The van der Waals surface area contributed by atoms with Crippen LogP contribution in [0.4, 0.5) is 4.39 Å². The third kappa shape index (κ3) is 2.46. The van der Waals surface area contributed by atoms with Crippen molar-refractivity contribution in [1.82, 2.24) is 24.1 Å². The minimum absolute atomic E-state index is 0.271. The number of benzene rings is 1. The van der Waals surface area contributed by atoms with Crippen LogP contribution in [-0.2, 0) is 13.1 Å². The smallest absolute Gasteiger partial charge is 0.160 e. The topological polar surface area (TPSA) is 48.5 Å². The summed E-state index contributed by atoms with van der Waals surface area (Å²) in [6, 6.07) is 10.3. The first-order chi connectivity index (χ1) is 11.8. The van der Waals surface area contributed by atoms with Crippen LogP contribution in [-0.4, -0.2) is 24.1 Å². The van der Waals surface area contributed by atoms with Crippen LogP contribution in [0.3, 0.4) is 0 Å². The Balaban J connectivity index is 1.76. The molecule has 4 aromatic rings. The van der Waals surface area contributed by atoms with Crippen molar-refractivity contribution in [3.05, 3.63) is 66.6 Å². The Hall–Kier alpha value is -3.02. The number of nitrogens with zero attached hydrogens (tertiary/aromatic N) is 5. The first-order valence-corrected chi connectivity index (χ1v) is 7.83. The molecule has 0 atom stereocenters. The maximum atomic E-state index is 13.5. The first-order valence-electron chi connectivity index (χ1n) is 7.83. The minimum atomic E-state index is -0.271. The summed E-state index contributed by atoms with van der Waals surface area (Å²) in [4.78, 5) is 13.5. The molecule has 0 radical (unpaired) electrons. The van der Waals surface area contributed by atoms with E-state index in [0.29, 0.717) is 6.54 Å². The van der Waals surface area contributed by atoms with E-state index < -0.39 is 0 Å². The molecule has 0 saturated carbocycles. The van der Waals surface area contributed by atoms with Crippen LogP contribution in [0.2, 0.25) is 0 Å². The van der Waals surface area contributed by atoms with Gasteiger partial charge < -0.3 is 9.13 Å². The van der Waals surface area contributed by atoms with Gasteiger partial charge in [0.2, 0.25) is 0 Å². The van der Waals surface area contributed by atoms with Crippen LogP contribution in [0, 0.1) is 5.82 Å². The van der Waals surface area contributed by atoms with Crippen molar-refractivity contribution in [3.8, 4) is 11.4 Å². The largest absolute Gasteiger partial charge is 0.323 e. The van der Waals surface area contributed by atoms with Crippen LogP contribution < -0.4 is 0 Å². The van der Waals surface area contributed by atoms with Crippen molar-refractivity contribution in [3.63, 3.8) is 0 Å². The molecule has 1 aromatic carbocycles. The van der Waals surface area contributed by atoms with E-state index in [1.54, 1.807) is 18.5 Å². The molecule has 3 heterocycles. The Labute approximate surface area is 138 Å². The van der Waals surface area contributed by atoms with Crippen LogP contribution in [0.1, 0.15) is 12.7 Å². The molecule has 6 heteroatoms. The zero-order chi connectivity index (χ0) is 16.5. The average Bonchev–Trinajstić information content (AvgIpc) is 3.19. The van der Waals surface area contributed by atoms with Gasteiger partial charge in [-0.25, -0.2) is 19.3 Å². The van der Waals surface area contributed by atoms with Gasteiger partial charge in [-0.1, -0.05) is 12.1 Å². The van der Waals surface area contributed by atoms with E-state index >= 15 is 0 Å². The van der Waals surface area contributed by atoms with Crippen LogP contribution in [0.15, 0.2) is 55.0 Å². The summed E-state index contributed by atoms with van der Waals surface area (Å²) in [5.41, 5.74) is 2.50. The van der Waals surface area contributed by atoms with E-state index in [2.05, 4.69) is 26.4 Å². The summed E-state index contributed by atoms with van der Waals surface area (Å²) in [6.45, 7) is 3.41. The molecule has 4 rings (SSSR count). The monoisotopic (exact) mass is 321 g/mol. The molecule has 3 aromatic heterocycles.